The highest BCUT2D eigenvalue weighted by molar-refractivity contribution is 7.88. The van der Waals surface area contributed by atoms with Gasteiger partial charge in [-0.3, -0.25) is 0 Å². The highest BCUT2D eigenvalue weighted by Crippen LogP contribution is 2.40. The van der Waals surface area contributed by atoms with Gasteiger partial charge in [0.15, 0.2) is 5.60 Å². The second kappa shape index (κ2) is 8.76. The molecule has 0 aromatic carbocycles. The minimum Gasteiger partial charge on any atom is -0.379 e. The summed E-state index contributed by atoms with van der Waals surface area (Å²) in [6, 6.07) is -0.274. The lowest BCUT2D eigenvalue weighted by Crippen LogP contribution is -2.42. The lowest BCUT2D eigenvalue weighted by Gasteiger charge is -2.30. The van der Waals surface area contributed by atoms with Gasteiger partial charge in [-0.05, 0) is 19.8 Å². The SMILES string of the molecule is CC(O)(c1cnc(-c2nc(NC3CCN(S(C)(=O)=O)CC3)ncc2C(F)(F)F)s1)C(F)F. The lowest BCUT2D eigenvalue weighted by molar-refractivity contribution is -0.137. The van der Waals surface area contributed by atoms with Gasteiger partial charge in [-0.25, -0.2) is 36.5 Å². The van der Waals surface area contributed by atoms with E-state index >= 15 is 0 Å². The Kier molecular flexibility index (Phi) is 6.75. The van der Waals surface area contributed by atoms with Crippen LogP contribution in [0.15, 0.2) is 12.4 Å². The van der Waals surface area contributed by atoms with Crippen molar-refractivity contribution in [1.82, 2.24) is 19.3 Å². The number of aliphatic hydroxyl groups is 1. The van der Waals surface area contributed by atoms with Crippen molar-refractivity contribution in [1.29, 1.82) is 0 Å². The summed E-state index contributed by atoms with van der Waals surface area (Å²) < 4.78 is 91.1. The molecule has 1 aliphatic rings. The average molecular weight is 502 g/mol. The minimum atomic E-state index is -4.83. The molecule has 1 aliphatic heterocycles. The van der Waals surface area contributed by atoms with E-state index in [0.717, 1.165) is 19.4 Å². The van der Waals surface area contributed by atoms with Crippen molar-refractivity contribution in [3.63, 3.8) is 0 Å². The maximum Gasteiger partial charge on any atom is 0.420 e. The van der Waals surface area contributed by atoms with Gasteiger partial charge in [-0.1, -0.05) is 0 Å². The van der Waals surface area contributed by atoms with E-state index in [-0.39, 0.29) is 35.0 Å². The van der Waals surface area contributed by atoms with E-state index in [0.29, 0.717) is 30.4 Å². The monoisotopic (exact) mass is 501 g/mol. The zero-order valence-corrected chi connectivity index (χ0v) is 18.5. The summed E-state index contributed by atoms with van der Waals surface area (Å²) in [5.41, 5.74) is -4.38. The standard InChI is InChI=1S/C17H20F5N5O3S2/c1-16(28,14(18)19)11-8-23-13(31-11)12-10(17(20,21)22)7-24-15(26-12)25-9-3-5-27(6-4-9)32(2,29)30/h7-9,14,28H,3-6H2,1-2H3,(H,24,25,26). The number of nitrogens with one attached hydrogen (secondary N) is 1. The first-order valence-corrected chi connectivity index (χ1v) is 12.0. The van der Waals surface area contributed by atoms with E-state index in [1.54, 1.807) is 0 Å². The predicted octanol–water partition coefficient (Wildman–Crippen LogP) is 2.93. The van der Waals surface area contributed by atoms with E-state index in [4.69, 9.17) is 0 Å². The summed E-state index contributed by atoms with van der Waals surface area (Å²) in [5.74, 6) is -0.136. The van der Waals surface area contributed by atoms with E-state index in [9.17, 15) is 35.5 Å². The molecule has 1 fully saturated rings. The Hall–Kier alpha value is -1.97. The molecule has 3 heterocycles. The Bertz CT molecular complexity index is 1070. The molecule has 3 rings (SSSR count). The van der Waals surface area contributed by atoms with Crippen LogP contribution in [0.5, 0.6) is 0 Å². The van der Waals surface area contributed by atoms with Crippen molar-refractivity contribution in [2.45, 2.75) is 44.0 Å². The van der Waals surface area contributed by atoms with Crippen LogP contribution in [0, 0.1) is 0 Å². The first-order chi connectivity index (χ1) is 14.7. The number of piperidine rings is 1. The first kappa shape index (κ1) is 24.7. The number of hydrogen-bond donors (Lipinski definition) is 2. The van der Waals surface area contributed by atoms with Crippen LogP contribution in [-0.4, -0.2) is 64.6 Å². The van der Waals surface area contributed by atoms with Gasteiger partial charge in [0.05, 0.1) is 11.1 Å². The van der Waals surface area contributed by atoms with E-state index in [1.165, 1.54) is 4.31 Å². The number of sulfonamides is 1. The number of halogens is 5. The largest absolute Gasteiger partial charge is 0.420 e. The van der Waals surface area contributed by atoms with Crippen LogP contribution in [0.4, 0.5) is 27.9 Å². The van der Waals surface area contributed by atoms with Crippen molar-refractivity contribution in [2.24, 2.45) is 0 Å². The number of nitrogens with zero attached hydrogens (tertiary/aromatic N) is 4. The first-order valence-electron chi connectivity index (χ1n) is 9.32. The van der Waals surface area contributed by atoms with Crippen LogP contribution in [0.1, 0.15) is 30.2 Å². The summed E-state index contributed by atoms with van der Waals surface area (Å²) in [7, 11) is -3.33. The molecule has 1 saturated heterocycles. The summed E-state index contributed by atoms with van der Waals surface area (Å²) >= 11 is 0.477. The molecule has 0 saturated carbocycles. The van der Waals surface area contributed by atoms with Crippen molar-refractivity contribution in [3.05, 3.63) is 22.8 Å². The molecular weight excluding hydrogens is 481 g/mol. The fraction of sp³-hybridized carbons (Fsp3) is 0.588. The summed E-state index contributed by atoms with van der Waals surface area (Å²) in [4.78, 5) is 11.1. The van der Waals surface area contributed by atoms with E-state index in [2.05, 4.69) is 20.3 Å². The van der Waals surface area contributed by atoms with Gasteiger partial charge < -0.3 is 10.4 Å². The van der Waals surface area contributed by atoms with Crippen molar-refractivity contribution >= 4 is 27.3 Å². The molecule has 1 atom stereocenters. The molecule has 1 unspecified atom stereocenters. The van der Waals surface area contributed by atoms with Crippen LogP contribution >= 0.6 is 11.3 Å². The number of anilines is 1. The highest BCUT2D eigenvalue weighted by Gasteiger charge is 2.39. The number of rotatable bonds is 6. The molecule has 178 valence electrons. The van der Waals surface area contributed by atoms with E-state index < -0.39 is 39.5 Å². The normalized spacial score (nSPS) is 18.7. The van der Waals surface area contributed by atoms with Gasteiger partial charge in [-0.2, -0.15) is 13.2 Å². The van der Waals surface area contributed by atoms with Crippen LogP contribution in [0.3, 0.4) is 0 Å². The third-order valence-corrected chi connectivity index (χ3v) is 7.52. The third kappa shape index (κ3) is 5.32. The molecule has 2 N–H and O–H groups in total. The second-order valence-electron chi connectivity index (χ2n) is 7.51. The summed E-state index contributed by atoms with van der Waals surface area (Å²) in [6.45, 7) is 1.32. The zero-order chi connectivity index (χ0) is 23.9. The van der Waals surface area contributed by atoms with Gasteiger partial charge in [0, 0.05) is 31.5 Å². The number of aromatic nitrogens is 3. The van der Waals surface area contributed by atoms with Gasteiger partial charge in [-0.15, -0.1) is 11.3 Å². The molecule has 2 aromatic rings. The Morgan fingerprint density at radius 2 is 1.84 bits per heavy atom. The molecule has 2 aromatic heterocycles. The summed E-state index contributed by atoms with van der Waals surface area (Å²) in [6.07, 6.45) is -4.65. The molecule has 0 radical (unpaired) electrons. The second-order valence-corrected chi connectivity index (χ2v) is 10.5. The Balaban J connectivity index is 1.88. The zero-order valence-electron chi connectivity index (χ0n) is 16.9. The van der Waals surface area contributed by atoms with Gasteiger partial charge >= 0.3 is 6.18 Å². The maximum absolute atomic E-state index is 13.5. The maximum atomic E-state index is 13.5. The van der Waals surface area contributed by atoms with Crippen LogP contribution < -0.4 is 5.32 Å². The molecular formula is C17H20F5N5O3S2. The fourth-order valence-corrected chi connectivity index (χ4v) is 4.90. The predicted molar refractivity (Wildman–Crippen MR) is 107 cm³/mol. The van der Waals surface area contributed by atoms with E-state index in [1.807, 2.05) is 0 Å². The molecule has 32 heavy (non-hydrogen) atoms. The van der Waals surface area contributed by atoms with Crippen molar-refractivity contribution < 1.29 is 35.5 Å². The van der Waals surface area contributed by atoms with Crippen LogP contribution in [0.2, 0.25) is 0 Å². The highest BCUT2D eigenvalue weighted by atomic mass is 32.2. The Morgan fingerprint density at radius 1 is 1.22 bits per heavy atom. The molecule has 0 aliphatic carbocycles. The molecule has 0 bridgehead atoms. The minimum absolute atomic E-state index is 0.136. The summed E-state index contributed by atoms with van der Waals surface area (Å²) in [5, 5.41) is 12.5. The third-order valence-electron chi connectivity index (χ3n) is 4.98. The van der Waals surface area contributed by atoms with Crippen LogP contribution in [-0.2, 0) is 21.8 Å². The number of hydrogen-bond acceptors (Lipinski definition) is 8. The average Bonchev–Trinajstić information content (AvgIpc) is 3.17. The quantitative estimate of drug-likeness (QED) is 0.586. The van der Waals surface area contributed by atoms with Gasteiger partial charge in [0.1, 0.15) is 16.3 Å². The van der Waals surface area contributed by atoms with Crippen molar-refractivity contribution in [3.8, 4) is 10.7 Å². The number of thiazole rings is 1. The van der Waals surface area contributed by atoms with Crippen molar-refractivity contribution in [2.75, 3.05) is 24.7 Å². The van der Waals surface area contributed by atoms with Gasteiger partial charge in [0.25, 0.3) is 6.43 Å². The molecule has 0 amide bonds. The van der Waals surface area contributed by atoms with Gasteiger partial charge in [0.2, 0.25) is 16.0 Å². The molecule has 8 nitrogen and oxygen atoms in total. The smallest absolute Gasteiger partial charge is 0.379 e. The molecule has 0 spiro atoms. The fourth-order valence-electron chi connectivity index (χ4n) is 3.06. The van der Waals surface area contributed by atoms with Crippen LogP contribution in [0.25, 0.3) is 10.7 Å². The lowest BCUT2D eigenvalue weighted by atomic mass is 10.1. The Labute approximate surface area is 184 Å². The number of alkyl halides is 5. The molecule has 15 heteroatoms. The Morgan fingerprint density at radius 3 is 2.38 bits per heavy atom. The topological polar surface area (TPSA) is 108 Å².